The van der Waals surface area contributed by atoms with Crippen LogP contribution in [0.2, 0.25) is 0 Å². The maximum absolute atomic E-state index is 9.80. The van der Waals surface area contributed by atoms with Crippen molar-refractivity contribution in [1.82, 2.24) is 19.1 Å². The van der Waals surface area contributed by atoms with Crippen LogP contribution in [-0.2, 0) is 5.41 Å². The third-order valence-corrected chi connectivity index (χ3v) is 12.9. The van der Waals surface area contributed by atoms with Crippen LogP contribution in [0.3, 0.4) is 0 Å². The Morgan fingerprint density at radius 3 is 2.11 bits per heavy atom. The molecule has 0 N–H and O–H groups in total. The van der Waals surface area contributed by atoms with Gasteiger partial charge in [0.15, 0.2) is 5.69 Å². The molecule has 7 heteroatoms. The number of fused-ring (bicyclic) bond motifs is 15. The van der Waals surface area contributed by atoms with Gasteiger partial charge in [0.1, 0.15) is 0 Å². The lowest BCUT2D eigenvalue weighted by atomic mass is 9.67. The van der Waals surface area contributed by atoms with Crippen molar-refractivity contribution in [2.75, 3.05) is 0 Å². The standard InChI is InChI=1S/C49H26N6S/c1-51-30-20-22-43-35(25-30)33-11-3-6-16-41(33)55(43)44-17-8-13-38-48(44)56-45-18-7-4-12-36(45)49(38)37-14-9-23-52-46(37)47-39(49)26-31(28-53-47)54-40-15-5-2-10-32(40)34-24-29(27-50)19-21-42(34)54/h2-26,28H. The van der Waals surface area contributed by atoms with E-state index in [1.807, 2.05) is 60.6 Å². The monoisotopic (exact) mass is 730 g/mol. The molecule has 5 heterocycles. The number of rotatable bonds is 2. The van der Waals surface area contributed by atoms with Crippen molar-refractivity contribution in [2.24, 2.45) is 0 Å². The normalized spacial score (nSPS) is 15.1. The van der Waals surface area contributed by atoms with Gasteiger partial charge in [-0.15, -0.1) is 0 Å². The second-order valence-electron chi connectivity index (χ2n) is 14.4. The maximum atomic E-state index is 9.80. The van der Waals surface area contributed by atoms with Gasteiger partial charge in [-0.1, -0.05) is 90.6 Å². The quantitative estimate of drug-likeness (QED) is 0.166. The summed E-state index contributed by atoms with van der Waals surface area (Å²) in [5, 5.41) is 14.1. The van der Waals surface area contributed by atoms with Crippen molar-refractivity contribution >= 4 is 61.1 Å². The molecule has 12 rings (SSSR count). The molecule has 1 unspecified atom stereocenters. The van der Waals surface area contributed by atoms with E-state index in [2.05, 4.69) is 129 Å². The molecule has 1 atom stereocenters. The molecule has 0 saturated heterocycles. The van der Waals surface area contributed by atoms with Crippen LogP contribution in [0, 0.1) is 17.9 Å². The molecular formula is C49H26N6S. The van der Waals surface area contributed by atoms with E-state index < -0.39 is 5.41 Å². The molecule has 6 aromatic carbocycles. The highest BCUT2D eigenvalue weighted by molar-refractivity contribution is 7.99. The molecule has 1 aliphatic heterocycles. The Morgan fingerprint density at radius 2 is 1.27 bits per heavy atom. The zero-order valence-corrected chi connectivity index (χ0v) is 30.4. The number of nitrogens with zero attached hydrogens (tertiary/aromatic N) is 6. The fourth-order valence-corrected chi connectivity index (χ4v) is 10.8. The van der Waals surface area contributed by atoms with Gasteiger partial charge in [0.25, 0.3) is 0 Å². The molecule has 258 valence electrons. The summed E-state index contributed by atoms with van der Waals surface area (Å²) in [5.41, 5.74) is 13.1. The summed E-state index contributed by atoms with van der Waals surface area (Å²) in [4.78, 5) is 16.5. The Labute approximate surface area is 325 Å². The van der Waals surface area contributed by atoms with Gasteiger partial charge in [-0.3, -0.25) is 9.97 Å². The van der Waals surface area contributed by atoms with E-state index in [4.69, 9.17) is 16.5 Å². The molecule has 1 spiro atoms. The summed E-state index contributed by atoms with van der Waals surface area (Å²) < 4.78 is 4.65. The van der Waals surface area contributed by atoms with Crippen molar-refractivity contribution in [3.8, 4) is 28.8 Å². The Morgan fingerprint density at radius 1 is 0.589 bits per heavy atom. The van der Waals surface area contributed by atoms with Crippen LogP contribution in [-0.4, -0.2) is 19.1 Å². The Balaban J connectivity index is 1.19. The third-order valence-electron chi connectivity index (χ3n) is 11.7. The molecule has 0 radical (unpaired) electrons. The predicted octanol–water partition coefficient (Wildman–Crippen LogP) is 11.9. The van der Waals surface area contributed by atoms with Gasteiger partial charge in [-0.25, -0.2) is 4.85 Å². The summed E-state index contributed by atoms with van der Waals surface area (Å²) in [6.07, 6.45) is 3.84. The van der Waals surface area contributed by atoms with E-state index in [1.54, 1.807) is 0 Å². The fourth-order valence-electron chi connectivity index (χ4n) is 9.51. The first-order chi connectivity index (χ1) is 27.7. The van der Waals surface area contributed by atoms with Gasteiger partial charge in [0, 0.05) is 37.7 Å². The molecule has 0 saturated carbocycles. The molecule has 10 aromatic rings. The number of hydrogen-bond donors (Lipinski definition) is 0. The first-order valence-electron chi connectivity index (χ1n) is 18.4. The van der Waals surface area contributed by atoms with Crippen molar-refractivity contribution < 1.29 is 0 Å². The average Bonchev–Trinajstić information content (AvgIpc) is 3.87. The summed E-state index contributed by atoms with van der Waals surface area (Å²) in [7, 11) is 0. The number of pyridine rings is 2. The molecular weight excluding hydrogens is 705 g/mol. The minimum Gasteiger partial charge on any atom is -0.308 e. The van der Waals surface area contributed by atoms with Gasteiger partial charge < -0.3 is 9.13 Å². The zero-order valence-electron chi connectivity index (χ0n) is 29.6. The van der Waals surface area contributed by atoms with Gasteiger partial charge in [0.2, 0.25) is 0 Å². The third kappa shape index (κ3) is 3.89. The van der Waals surface area contributed by atoms with Crippen LogP contribution in [0.15, 0.2) is 168 Å². The molecule has 0 bridgehead atoms. The largest absolute Gasteiger partial charge is 0.308 e. The summed E-state index contributed by atoms with van der Waals surface area (Å²) >= 11 is 1.81. The average molecular weight is 731 g/mol. The zero-order chi connectivity index (χ0) is 37.1. The lowest BCUT2D eigenvalue weighted by molar-refractivity contribution is 0.716. The van der Waals surface area contributed by atoms with E-state index in [-0.39, 0.29) is 0 Å². The predicted molar refractivity (Wildman–Crippen MR) is 223 cm³/mol. The van der Waals surface area contributed by atoms with Crippen molar-refractivity contribution in [3.63, 3.8) is 0 Å². The lowest BCUT2D eigenvalue weighted by Gasteiger charge is -2.40. The smallest absolute Gasteiger partial charge is 0.188 e. The van der Waals surface area contributed by atoms with Crippen molar-refractivity contribution in [3.05, 3.63) is 197 Å². The SMILES string of the molecule is [C-]#[N+]c1ccc2c(c1)c1ccccc1n2-c1cccc2c1Sc1ccccc1C21c2cccnc2-c2ncc(-n3c4ccccc4c4cc(C#N)ccc43)cc21. The van der Waals surface area contributed by atoms with E-state index >= 15 is 0 Å². The summed E-state index contributed by atoms with van der Waals surface area (Å²) in [6, 6.07) is 53.2. The molecule has 2 aliphatic rings. The van der Waals surface area contributed by atoms with Crippen LogP contribution in [0.25, 0.3) is 71.2 Å². The van der Waals surface area contributed by atoms with Gasteiger partial charge in [-0.05, 0) is 88.8 Å². The number of benzene rings is 6. The molecule has 0 amide bonds. The van der Waals surface area contributed by atoms with Crippen molar-refractivity contribution in [1.29, 1.82) is 5.26 Å². The fraction of sp³-hybridized carbons (Fsp3) is 0.0204. The number of hydrogen-bond acceptors (Lipinski definition) is 4. The molecule has 6 nitrogen and oxygen atoms in total. The second-order valence-corrected chi connectivity index (χ2v) is 15.4. The van der Waals surface area contributed by atoms with Crippen LogP contribution in [0.5, 0.6) is 0 Å². The first kappa shape index (κ1) is 31.0. The number of para-hydroxylation sites is 2. The van der Waals surface area contributed by atoms with E-state index in [0.717, 1.165) is 82.4 Å². The summed E-state index contributed by atoms with van der Waals surface area (Å²) in [5.74, 6) is 0. The number of aromatic nitrogens is 4. The van der Waals surface area contributed by atoms with Gasteiger partial charge in [-0.2, -0.15) is 5.26 Å². The topological polar surface area (TPSA) is 63.8 Å². The Bertz CT molecular complexity index is 3450. The minimum atomic E-state index is -0.724. The van der Waals surface area contributed by atoms with Crippen LogP contribution >= 0.6 is 11.8 Å². The second kappa shape index (κ2) is 11.3. The minimum absolute atomic E-state index is 0.626. The van der Waals surface area contributed by atoms with Crippen LogP contribution < -0.4 is 0 Å². The van der Waals surface area contributed by atoms with Crippen LogP contribution in [0.4, 0.5) is 5.69 Å². The highest BCUT2D eigenvalue weighted by Gasteiger charge is 2.52. The lowest BCUT2D eigenvalue weighted by Crippen LogP contribution is -2.32. The van der Waals surface area contributed by atoms with Crippen molar-refractivity contribution in [2.45, 2.75) is 15.2 Å². The number of nitriles is 1. The van der Waals surface area contributed by atoms with Crippen LogP contribution in [0.1, 0.15) is 27.8 Å². The molecule has 56 heavy (non-hydrogen) atoms. The summed E-state index contributed by atoms with van der Waals surface area (Å²) in [6.45, 7) is 7.75. The van der Waals surface area contributed by atoms with E-state index in [0.29, 0.717) is 11.3 Å². The Kier molecular flexibility index (Phi) is 6.24. The molecule has 4 aromatic heterocycles. The van der Waals surface area contributed by atoms with Gasteiger partial charge >= 0.3 is 0 Å². The highest BCUT2D eigenvalue weighted by Crippen LogP contribution is 2.62. The van der Waals surface area contributed by atoms with E-state index in [9.17, 15) is 5.26 Å². The Hall–Kier alpha value is -7.45. The molecule has 1 aliphatic carbocycles. The molecule has 0 fully saturated rings. The van der Waals surface area contributed by atoms with Gasteiger partial charge in [0.05, 0.1) is 74.6 Å². The van der Waals surface area contributed by atoms with E-state index in [1.165, 1.54) is 16.0 Å². The first-order valence-corrected chi connectivity index (χ1v) is 19.2. The maximum Gasteiger partial charge on any atom is 0.188 e. The highest BCUT2D eigenvalue weighted by atomic mass is 32.2.